The van der Waals surface area contributed by atoms with Crippen LogP contribution in [0.1, 0.15) is 36.6 Å². The molecule has 1 aliphatic rings. The summed E-state index contributed by atoms with van der Waals surface area (Å²) in [5, 5.41) is 0. The number of ether oxygens (including phenoxy) is 1. The predicted octanol–water partition coefficient (Wildman–Crippen LogP) is 2.41. The number of rotatable bonds is 3. The number of hydrogen-bond donors (Lipinski definition) is 1. The fraction of sp³-hybridized carbons (Fsp3) is 0.625. The van der Waals surface area contributed by atoms with Gasteiger partial charge in [-0.05, 0) is 44.4 Å². The maximum Gasteiger partial charge on any atom is 0.0678 e. The molecule has 0 aliphatic carbocycles. The fourth-order valence-corrected chi connectivity index (χ4v) is 2.94. The Balaban J connectivity index is 2.21. The van der Waals surface area contributed by atoms with E-state index in [0.717, 1.165) is 13.1 Å². The SMILES string of the molecule is Cc1ccc(C(CN)N2CC(C)OC(C)C2)cc1C. The second kappa shape index (κ2) is 6.04. The minimum absolute atomic E-state index is 0.282. The average Bonchev–Trinajstić information content (AvgIpc) is 2.33. The van der Waals surface area contributed by atoms with E-state index < -0.39 is 0 Å². The van der Waals surface area contributed by atoms with Gasteiger partial charge in [0.15, 0.2) is 0 Å². The van der Waals surface area contributed by atoms with Crippen molar-refractivity contribution in [2.75, 3.05) is 19.6 Å². The molecule has 0 amide bonds. The molecular weight excluding hydrogens is 236 g/mol. The second-order valence-electron chi connectivity index (χ2n) is 5.81. The zero-order valence-electron chi connectivity index (χ0n) is 12.5. The van der Waals surface area contributed by atoms with Crippen LogP contribution in [0.4, 0.5) is 0 Å². The van der Waals surface area contributed by atoms with Crippen LogP contribution in [0, 0.1) is 13.8 Å². The largest absolute Gasteiger partial charge is 0.373 e. The first-order valence-electron chi connectivity index (χ1n) is 7.18. The highest BCUT2D eigenvalue weighted by Crippen LogP contribution is 2.25. The molecule has 3 atom stereocenters. The summed E-state index contributed by atoms with van der Waals surface area (Å²) in [7, 11) is 0. The number of morpholine rings is 1. The molecule has 3 unspecified atom stereocenters. The van der Waals surface area contributed by atoms with Gasteiger partial charge in [0.05, 0.1) is 12.2 Å². The first kappa shape index (κ1) is 14.5. The summed E-state index contributed by atoms with van der Waals surface area (Å²) in [6.07, 6.45) is 0.564. The molecule has 0 bridgehead atoms. The molecule has 19 heavy (non-hydrogen) atoms. The molecule has 2 rings (SSSR count). The molecule has 0 radical (unpaired) electrons. The van der Waals surface area contributed by atoms with Crippen LogP contribution >= 0.6 is 0 Å². The van der Waals surface area contributed by atoms with E-state index in [2.05, 4.69) is 50.8 Å². The standard InChI is InChI=1S/C16H26N2O/c1-11-5-6-15(7-12(11)2)16(8-17)18-9-13(3)19-14(4)10-18/h5-7,13-14,16H,8-10,17H2,1-4H3. The van der Waals surface area contributed by atoms with E-state index in [1.54, 1.807) is 0 Å². The van der Waals surface area contributed by atoms with E-state index >= 15 is 0 Å². The second-order valence-corrected chi connectivity index (χ2v) is 5.81. The Morgan fingerprint density at radius 3 is 2.37 bits per heavy atom. The summed E-state index contributed by atoms with van der Waals surface area (Å²) in [5.41, 5.74) is 10.0. The van der Waals surface area contributed by atoms with Gasteiger partial charge in [0.1, 0.15) is 0 Å². The normalized spacial score (nSPS) is 26.4. The summed E-state index contributed by atoms with van der Waals surface area (Å²) in [5.74, 6) is 0. The van der Waals surface area contributed by atoms with E-state index in [4.69, 9.17) is 10.5 Å². The third kappa shape index (κ3) is 3.35. The highest BCUT2D eigenvalue weighted by molar-refractivity contribution is 5.32. The third-order valence-electron chi connectivity index (χ3n) is 4.03. The average molecular weight is 262 g/mol. The van der Waals surface area contributed by atoms with Gasteiger partial charge in [-0.2, -0.15) is 0 Å². The molecule has 0 spiro atoms. The first-order chi connectivity index (χ1) is 9.01. The van der Waals surface area contributed by atoms with Crippen LogP contribution in [-0.2, 0) is 4.74 Å². The maximum absolute atomic E-state index is 6.03. The number of nitrogens with two attached hydrogens (primary N) is 1. The Labute approximate surface area is 116 Å². The molecule has 3 nitrogen and oxygen atoms in total. The van der Waals surface area contributed by atoms with Crippen molar-refractivity contribution in [1.82, 2.24) is 4.90 Å². The molecule has 106 valence electrons. The number of aryl methyl sites for hydroxylation is 2. The number of nitrogens with zero attached hydrogens (tertiary/aromatic N) is 1. The molecule has 1 aliphatic heterocycles. The zero-order chi connectivity index (χ0) is 14.0. The lowest BCUT2D eigenvalue weighted by atomic mass is 9.99. The van der Waals surface area contributed by atoms with Crippen molar-refractivity contribution >= 4 is 0 Å². The monoisotopic (exact) mass is 262 g/mol. The minimum atomic E-state index is 0.282. The van der Waals surface area contributed by atoms with Crippen molar-refractivity contribution in [3.05, 3.63) is 34.9 Å². The molecule has 1 fully saturated rings. The molecule has 1 aromatic carbocycles. The quantitative estimate of drug-likeness (QED) is 0.909. The topological polar surface area (TPSA) is 38.5 Å². The van der Waals surface area contributed by atoms with Crippen LogP contribution in [0.25, 0.3) is 0 Å². The lowest BCUT2D eigenvalue weighted by Crippen LogP contribution is -2.48. The molecular formula is C16H26N2O. The van der Waals surface area contributed by atoms with Gasteiger partial charge >= 0.3 is 0 Å². The van der Waals surface area contributed by atoms with Crippen molar-refractivity contribution in [2.45, 2.75) is 45.9 Å². The molecule has 1 aromatic rings. The molecule has 3 heteroatoms. The van der Waals surface area contributed by atoms with Crippen molar-refractivity contribution in [3.63, 3.8) is 0 Å². The highest BCUT2D eigenvalue weighted by Gasteiger charge is 2.28. The van der Waals surface area contributed by atoms with Crippen molar-refractivity contribution in [1.29, 1.82) is 0 Å². The summed E-state index contributed by atoms with van der Waals surface area (Å²) < 4.78 is 5.81. The third-order valence-corrected chi connectivity index (χ3v) is 4.03. The summed E-state index contributed by atoms with van der Waals surface area (Å²) in [6.45, 7) is 11.2. The van der Waals surface area contributed by atoms with Gasteiger partial charge in [0.2, 0.25) is 0 Å². The zero-order valence-corrected chi connectivity index (χ0v) is 12.5. The minimum Gasteiger partial charge on any atom is -0.373 e. The number of benzene rings is 1. The highest BCUT2D eigenvalue weighted by atomic mass is 16.5. The molecule has 0 aromatic heterocycles. The maximum atomic E-state index is 6.03. The van der Waals surface area contributed by atoms with Crippen molar-refractivity contribution in [2.24, 2.45) is 5.73 Å². The lowest BCUT2D eigenvalue weighted by molar-refractivity contribution is -0.0799. The lowest BCUT2D eigenvalue weighted by Gasteiger charge is -2.40. The van der Waals surface area contributed by atoms with Gasteiger partial charge in [-0.25, -0.2) is 0 Å². The Hall–Kier alpha value is -0.900. The molecule has 0 saturated carbocycles. The van der Waals surface area contributed by atoms with Crippen LogP contribution in [0.2, 0.25) is 0 Å². The van der Waals surface area contributed by atoms with Crippen molar-refractivity contribution in [3.8, 4) is 0 Å². The van der Waals surface area contributed by atoms with E-state index in [0.29, 0.717) is 12.6 Å². The molecule has 1 saturated heterocycles. The summed E-state index contributed by atoms with van der Waals surface area (Å²) >= 11 is 0. The predicted molar refractivity (Wildman–Crippen MR) is 79.3 cm³/mol. The Morgan fingerprint density at radius 2 is 1.84 bits per heavy atom. The van der Waals surface area contributed by atoms with E-state index in [1.165, 1.54) is 16.7 Å². The van der Waals surface area contributed by atoms with Crippen molar-refractivity contribution < 1.29 is 4.74 Å². The van der Waals surface area contributed by atoms with Gasteiger partial charge in [-0.15, -0.1) is 0 Å². The Kier molecular flexibility index (Phi) is 4.61. The van der Waals surface area contributed by atoms with Crippen LogP contribution in [0.15, 0.2) is 18.2 Å². The van der Waals surface area contributed by atoms with Gasteiger partial charge in [0, 0.05) is 25.7 Å². The van der Waals surface area contributed by atoms with Gasteiger partial charge in [0.25, 0.3) is 0 Å². The van der Waals surface area contributed by atoms with Crippen LogP contribution in [0.3, 0.4) is 0 Å². The van der Waals surface area contributed by atoms with E-state index in [9.17, 15) is 0 Å². The fourth-order valence-electron chi connectivity index (χ4n) is 2.94. The van der Waals surface area contributed by atoms with Gasteiger partial charge in [-0.3, -0.25) is 4.90 Å². The Morgan fingerprint density at radius 1 is 1.21 bits per heavy atom. The first-order valence-corrected chi connectivity index (χ1v) is 7.18. The van der Waals surface area contributed by atoms with Gasteiger partial charge < -0.3 is 10.5 Å². The summed E-state index contributed by atoms with van der Waals surface area (Å²) in [6, 6.07) is 6.98. The molecule has 2 N–H and O–H groups in total. The van der Waals surface area contributed by atoms with E-state index in [1.807, 2.05) is 0 Å². The van der Waals surface area contributed by atoms with E-state index in [-0.39, 0.29) is 12.2 Å². The van der Waals surface area contributed by atoms with Crippen LogP contribution < -0.4 is 5.73 Å². The smallest absolute Gasteiger partial charge is 0.0678 e. The Bertz CT molecular complexity index is 423. The molecule has 1 heterocycles. The van der Waals surface area contributed by atoms with Gasteiger partial charge in [-0.1, -0.05) is 18.2 Å². The number of hydrogen-bond acceptors (Lipinski definition) is 3. The van der Waals surface area contributed by atoms with Crippen LogP contribution in [0.5, 0.6) is 0 Å². The van der Waals surface area contributed by atoms with Crippen LogP contribution in [-0.4, -0.2) is 36.7 Å². The summed E-state index contributed by atoms with van der Waals surface area (Å²) in [4.78, 5) is 2.46.